The fourth-order valence-corrected chi connectivity index (χ4v) is 1.56. The van der Waals surface area contributed by atoms with Gasteiger partial charge in [0.25, 0.3) is 0 Å². The van der Waals surface area contributed by atoms with E-state index in [0.717, 1.165) is 11.1 Å². The zero-order valence-corrected chi connectivity index (χ0v) is 8.78. The van der Waals surface area contributed by atoms with E-state index in [-0.39, 0.29) is 5.82 Å². The number of nitrogen functional groups attached to an aromatic ring is 1. The first-order chi connectivity index (χ1) is 7.70. The number of halogens is 1. The summed E-state index contributed by atoms with van der Waals surface area (Å²) >= 11 is 0. The maximum absolute atomic E-state index is 13.7. The van der Waals surface area contributed by atoms with E-state index in [1.54, 1.807) is 36.4 Å². The maximum Gasteiger partial charge on any atom is 0.131 e. The SMILES string of the molecule is C=Cc1ccc(-c2ccc(N)cc2)c(F)c1. The Morgan fingerprint density at radius 1 is 1.06 bits per heavy atom. The molecule has 0 saturated heterocycles. The average molecular weight is 213 g/mol. The van der Waals surface area contributed by atoms with E-state index in [1.165, 1.54) is 6.07 Å². The molecule has 2 heteroatoms. The highest BCUT2D eigenvalue weighted by Gasteiger charge is 2.04. The third kappa shape index (κ3) is 1.96. The predicted molar refractivity (Wildman–Crippen MR) is 66.3 cm³/mol. The maximum atomic E-state index is 13.7. The van der Waals surface area contributed by atoms with Crippen molar-refractivity contribution in [1.82, 2.24) is 0 Å². The zero-order chi connectivity index (χ0) is 11.5. The first-order valence-corrected chi connectivity index (χ1v) is 4.98. The van der Waals surface area contributed by atoms with Gasteiger partial charge in [-0.2, -0.15) is 0 Å². The molecule has 2 N–H and O–H groups in total. The van der Waals surface area contributed by atoms with E-state index < -0.39 is 0 Å². The Bertz CT molecular complexity index is 515. The van der Waals surface area contributed by atoms with Crippen LogP contribution in [0.4, 0.5) is 10.1 Å². The minimum Gasteiger partial charge on any atom is -0.399 e. The van der Waals surface area contributed by atoms with Gasteiger partial charge in [0.1, 0.15) is 5.82 Å². The molecule has 0 heterocycles. The standard InChI is InChI=1S/C14H12FN/c1-2-10-3-8-13(14(15)9-10)11-4-6-12(16)7-5-11/h2-9H,1,16H2. The topological polar surface area (TPSA) is 26.0 Å². The second-order valence-corrected chi connectivity index (χ2v) is 3.57. The van der Waals surface area contributed by atoms with Crippen LogP contribution in [-0.4, -0.2) is 0 Å². The molecular formula is C14H12FN. The number of benzene rings is 2. The van der Waals surface area contributed by atoms with Crippen LogP contribution in [0, 0.1) is 5.82 Å². The van der Waals surface area contributed by atoms with E-state index in [2.05, 4.69) is 6.58 Å². The van der Waals surface area contributed by atoms with Gasteiger partial charge in [0, 0.05) is 11.3 Å². The summed E-state index contributed by atoms with van der Waals surface area (Å²) in [5.74, 6) is -0.248. The fraction of sp³-hybridized carbons (Fsp3) is 0. The fourth-order valence-electron chi connectivity index (χ4n) is 1.56. The quantitative estimate of drug-likeness (QED) is 0.756. The predicted octanol–water partition coefficient (Wildman–Crippen LogP) is 3.72. The van der Waals surface area contributed by atoms with Crippen molar-refractivity contribution < 1.29 is 4.39 Å². The Kier molecular flexibility index (Phi) is 2.73. The van der Waals surface area contributed by atoms with Crippen molar-refractivity contribution in [3.05, 3.63) is 60.4 Å². The molecule has 0 aliphatic rings. The third-order valence-electron chi connectivity index (χ3n) is 2.45. The number of hydrogen-bond acceptors (Lipinski definition) is 1. The monoisotopic (exact) mass is 213 g/mol. The zero-order valence-electron chi connectivity index (χ0n) is 8.78. The summed E-state index contributed by atoms with van der Waals surface area (Å²) in [6.45, 7) is 3.60. The van der Waals surface area contributed by atoms with Crippen LogP contribution in [0.15, 0.2) is 49.0 Å². The second-order valence-electron chi connectivity index (χ2n) is 3.57. The summed E-state index contributed by atoms with van der Waals surface area (Å²) in [4.78, 5) is 0. The largest absolute Gasteiger partial charge is 0.399 e. The van der Waals surface area contributed by atoms with Crippen LogP contribution >= 0.6 is 0 Å². The van der Waals surface area contributed by atoms with Gasteiger partial charge in [0.05, 0.1) is 0 Å². The molecule has 0 amide bonds. The highest BCUT2D eigenvalue weighted by atomic mass is 19.1. The Labute approximate surface area is 94.0 Å². The van der Waals surface area contributed by atoms with Crippen molar-refractivity contribution in [2.75, 3.05) is 5.73 Å². The molecule has 0 spiro atoms. The molecule has 2 aromatic rings. The molecule has 0 aromatic heterocycles. The number of rotatable bonds is 2. The van der Waals surface area contributed by atoms with Gasteiger partial charge in [0.2, 0.25) is 0 Å². The minimum absolute atomic E-state index is 0.248. The normalized spacial score (nSPS) is 10.1. The van der Waals surface area contributed by atoms with Crippen LogP contribution in [0.1, 0.15) is 5.56 Å². The summed E-state index contributed by atoms with van der Waals surface area (Å²) in [5.41, 5.74) is 8.43. The van der Waals surface area contributed by atoms with Crippen LogP contribution in [0.25, 0.3) is 17.2 Å². The van der Waals surface area contributed by atoms with Crippen LogP contribution in [0.3, 0.4) is 0 Å². The van der Waals surface area contributed by atoms with Crippen LogP contribution in [0.2, 0.25) is 0 Å². The van der Waals surface area contributed by atoms with E-state index >= 15 is 0 Å². The van der Waals surface area contributed by atoms with Crippen molar-refractivity contribution in [3.63, 3.8) is 0 Å². The van der Waals surface area contributed by atoms with Gasteiger partial charge >= 0.3 is 0 Å². The van der Waals surface area contributed by atoms with E-state index in [9.17, 15) is 4.39 Å². The third-order valence-corrected chi connectivity index (χ3v) is 2.45. The first-order valence-electron chi connectivity index (χ1n) is 4.98. The average Bonchev–Trinajstić information content (AvgIpc) is 2.30. The Morgan fingerprint density at radius 2 is 1.75 bits per heavy atom. The lowest BCUT2D eigenvalue weighted by Crippen LogP contribution is -1.87. The summed E-state index contributed by atoms with van der Waals surface area (Å²) in [7, 11) is 0. The summed E-state index contributed by atoms with van der Waals surface area (Å²) < 4.78 is 13.7. The number of hydrogen-bond donors (Lipinski definition) is 1. The van der Waals surface area contributed by atoms with Crippen LogP contribution in [-0.2, 0) is 0 Å². The molecule has 0 bridgehead atoms. The van der Waals surface area contributed by atoms with E-state index in [4.69, 9.17) is 5.73 Å². The summed E-state index contributed by atoms with van der Waals surface area (Å²) in [5, 5.41) is 0. The lowest BCUT2D eigenvalue weighted by Gasteiger charge is -2.04. The van der Waals surface area contributed by atoms with Gasteiger partial charge in [-0.25, -0.2) is 4.39 Å². The van der Waals surface area contributed by atoms with Gasteiger partial charge in [-0.3, -0.25) is 0 Å². The lowest BCUT2D eigenvalue weighted by atomic mass is 10.0. The molecule has 2 rings (SSSR count). The molecule has 0 aliphatic heterocycles. The van der Waals surface area contributed by atoms with E-state index in [0.29, 0.717) is 11.3 Å². The van der Waals surface area contributed by atoms with Crippen molar-refractivity contribution in [3.8, 4) is 11.1 Å². The lowest BCUT2D eigenvalue weighted by molar-refractivity contribution is 0.631. The molecule has 0 saturated carbocycles. The summed E-state index contributed by atoms with van der Waals surface area (Å²) in [6.07, 6.45) is 1.62. The molecule has 0 aliphatic carbocycles. The van der Waals surface area contributed by atoms with Crippen molar-refractivity contribution in [2.24, 2.45) is 0 Å². The molecule has 0 radical (unpaired) electrons. The molecule has 1 nitrogen and oxygen atoms in total. The van der Waals surface area contributed by atoms with Gasteiger partial charge in [-0.15, -0.1) is 0 Å². The molecule has 80 valence electrons. The minimum atomic E-state index is -0.248. The van der Waals surface area contributed by atoms with Crippen molar-refractivity contribution in [2.45, 2.75) is 0 Å². The second kappa shape index (κ2) is 4.19. The highest BCUT2D eigenvalue weighted by Crippen LogP contribution is 2.24. The van der Waals surface area contributed by atoms with Crippen LogP contribution < -0.4 is 5.73 Å². The molecule has 2 aromatic carbocycles. The first kappa shape index (κ1) is 10.4. The molecule has 0 unspecified atom stereocenters. The molecule has 0 fully saturated rings. The molecule has 16 heavy (non-hydrogen) atoms. The van der Waals surface area contributed by atoms with Crippen molar-refractivity contribution >= 4 is 11.8 Å². The smallest absolute Gasteiger partial charge is 0.131 e. The van der Waals surface area contributed by atoms with E-state index in [1.807, 2.05) is 6.07 Å². The Morgan fingerprint density at radius 3 is 2.31 bits per heavy atom. The van der Waals surface area contributed by atoms with Gasteiger partial charge in [-0.05, 0) is 29.3 Å². The number of anilines is 1. The summed E-state index contributed by atoms with van der Waals surface area (Å²) in [6, 6.07) is 12.2. The molecular weight excluding hydrogens is 201 g/mol. The van der Waals surface area contributed by atoms with Gasteiger partial charge in [-0.1, -0.05) is 36.9 Å². The van der Waals surface area contributed by atoms with Crippen LogP contribution in [0.5, 0.6) is 0 Å². The van der Waals surface area contributed by atoms with Gasteiger partial charge in [0.15, 0.2) is 0 Å². The Hall–Kier alpha value is -2.09. The highest BCUT2D eigenvalue weighted by molar-refractivity contribution is 5.67. The van der Waals surface area contributed by atoms with Crippen molar-refractivity contribution in [1.29, 1.82) is 0 Å². The van der Waals surface area contributed by atoms with Gasteiger partial charge < -0.3 is 5.73 Å². The number of nitrogens with two attached hydrogens (primary N) is 1. The Balaban J connectivity index is 2.48. The molecule has 0 atom stereocenters.